The second-order valence-corrected chi connectivity index (χ2v) is 10.4. The molecular formula is C33H30. The van der Waals surface area contributed by atoms with Crippen LogP contribution in [-0.2, 0) is 0 Å². The maximum absolute atomic E-state index is 2.48. The standard InChI is InChI=1S/C33H30/c1-21-20-24-13-6-8-16-26(24)31(21)33(3,4)32-22(2)30(28-17-9-10-18-29(28)32)27-19-11-14-23-12-5-7-15-25(23)27/h5-20,31-32H,1-4H3. The Kier molecular flexibility index (Phi) is 4.49. The number of rotatable bonds is 3. The molecule has 0 fully saturated rings. The first-order valence-corrected chi connectivity index (χ1v) is 12.0. The number of benzene rings is 4. The van der Waals surface area contributed by atoms with Crippen LogP contribution < -0.4 is 0 Å². The van der Waals surface area contributed by atoms with Crippen LogP contribution in [0.1, 0.15) is 67.3 Å². The first-order chi connectivity index (χ1) is 16.0. The number of allylic oxidation sites excluding steroid dienone is 2. The summed E-state index contributed by atoms with van der Waals surface area (Å²) in [6, 6.07) is 33.6. The fourth-order valence-electron chi connectivity index (χ4n) is 6.96. The number of hydrogen-bond donors (Lipinski definition) is 0. The normalized spacial score (nSPS) is 19.6. The molecule has 2 aliphatic rings. The molecule has 4 aromatic carbocycles. The number of fused-ring (bicyclic) bond motifs is 3. The van der Waals surface area contributed by atoms with Crippen LogP contribution in [0, 0.1) is 5.41 Å². The Morgan fingerprint density at radius 1 is 0.606 bits per heavy atom. The van der Waals surface area contributed by atoms with Crippen molar-refractivity contribution in [3.05, 3.63) is 130 Å². The molecular weight excluding hydrogens is 396 g/mol. The van der Waals surface area contributed by atoms with Crippen molar-refractivity contribution in [1.29, 1.82) is 0 Å². The first kappa shape index (κ1) is 20.2. The van der Waals surface area contributed by atoms with Gasteiger partial charge in [0, 0.05) is 11.8 Å². The summed E-state index contributed by atoms with van der Waals surface area (Å²) >= 11 is 0. The molecule has 0 bridgehead atoms. The van der Waals surface area contributed by atoms with Crippen molar-refractivity contribution < 1.29 is 0 Å². The summed E-state index contributed by atoms with van der Waals surface area (Å²) in [6.45, 7) is 9.66. The Morgan fingerprint density at radius 3 is 2.09 bits per heavy atom. The highest BCUT2D eigenvalue weighted by Gasteiger charge is 2.46. The summed E-state index contributed by atoms with van der Waals surface area (Å²) in [6.07, 6.45) is 2.40. The van der Waals surface area contributed by atoms with E-state index in [1.165, 1.54) is 55.3 Å². The fourth-order valence-corrected chi connectivity index (χ4v) is 6.96. The Bertz CT molecular complexity index is 1460. The predicted octanol–water partition coefficient (Wildman–Crippen LogP) is 8.99. The van der Waals surface area contributed by atoms with E-state index in [0.717, 1.165) is 0 Å². The zero-order chi connectivity index (χ0) is 22.7. The molecule has 0 spiro atoms. The lowest BCUT2D eigenvalue weighted by atomic mass is 9.62. The zero-order valence-corrected chi connectivity index (χ0v) is 19.9. The van der Waals surface area contributed by atoms with Crippen LogP contribution in [0.4, 0.5) is 0 Å². The molecule has 0 aliphatic heterocycles. The summed E-state index contributed by atoms with van der Waals surface area (Å²) < 4.78 is 0. The monoisotopic (exact) mass is 426 g/mol. The van der Waals surface area contributed by atoms with E-state index in [1.807, 2.05) is 0 Å². The van der Waals surface area contributed by atoms with E-state index >= 15 is 0 Å². The topological polar surface area (TPSA) is 0 Å². The van der Waals surface area contributed by atoms with E-state index in [9.17, 15) is 0 Å². The highest BCUT2D eigenvalue weighted by Crippen LogP contribution is 2.60. The maximum atomic E-state index is 2.48. The largest absolute Gasteiger partial charge is 0.0646 e. The van der Waals surface area contributed by atoms with E-state index in [1.54, 1.807) is 0 Å². The minimum absolute atomic E-state index is 0.0414. The van der Waals surface area contributed by atoms with Gasteiger partial charge in [0.1, 0.15) is 0 Å². The quantitative estimate of drug-likeness (QED) is 0.306. The highest BCUT2D eigenvalue weighted by atomic mass is 14.5. The molecule has 33 heavy (non-hydrogen) atoms. The molecule has 2 aliphatic carbocycles. The van der Waals surface area contributed by atoms with Gasteiger partial charge in [0.25, 0.3) is 0 Å². The van der Waals surface area contributed by atoms with Crippen molar-refractivity contribution in [2.45, 2.75) is 39.5 Å². The lowest BCUT2D eigenvalue weighted by Crippen LogP contribution is -2.29. The first-order valence-electron chi connectivity index (χ1n) is 12.0. The summed E-state index contributed by atoms with van der Waals surface area (Å²) in [5.74, 6) is 0.774. The molecule has 2 unspecified atom stereocenters. The van der Waals surface area contributed by atoms with Crippen molar-refractivity contribution in [2.75, 3.05) is 0 Å². The lowest BCUT2D eigenvalue weighted by Gasteiger charge is -2.41. The van der Waals surface area contributed by atoms with E-state index in [2.05, 4.69) is 125 Å². The molecule has 0 radical (unpaired) electrons. The van der Waals surface area contributed by atoms with Crippen molar-refractivity contribution in [1.82, 2.24) is 0 Å². The molecule has 162 valence electrons. The Balaban J connectivity index is 1.58. The van der Waals surface area contributed by atoms with Crippen molar-refractivity contribution in [3.63, 3.8) is 0 Å². The zero-order valence-electron chi connectivity index (χ0n) is 19.9. The molecule has 0 N–H and O–H groups in total. The van der Waals surface area contributed by atoms with E-state index < -0.39 is 0 Å². The van der Waals surface area contributed by atoms with Crippen LogP contribution in [0.15, 0.2) is 102 Å². The summed E-state index contributed by atoms with van der Waals surface area (Å²) in [5.41, 5.74) is 11.5. The minimum atomic E-state index is 0.0414. The van der Waals surface area contributed by atoms with Gasteiger partial charge in [-0.2, -0.15) is 0 Å². The summed E-state index contributed by atoms with van der Waals surface area (Å²) in [7, 11) is 0. The summed E-state index contributed by atoms with van der Waals surface area (Å²) in [4.78, 5) is 0. The predicted molar refractivity (Wildman–Crippen MR) is 141 cm³/mol. The van der Waals surface area contributed by atoms with Crippen molar-refractivity contribution in [3.8, 4) is 0 Å². The molecule has 4 aromatic rings. The van der Waals surface area contributed by atoms with E-state index in [-0.39, 0.29) is 5.41 Å². The van der Waals surface area contributed by atoms with Gasteiger partial charge < -0.3 is 0 Å². The minimum Gasteiger partial charge on any atom is -0.0646 e. The highest BCUT2D eigenvalue weighted by molar-refractivity contribution is 6.01. The Hall–Kier alpha value is -3.38. The molecule has 0 amide bonds. The third-order valence-electron chi connectivity index (χ3n) is 8.06. The van der Waals surface area contributed by atoms with E-state index in [4.69, 9.17) is 0 Å². The fraction of sp³-hybridized carbons (Fsp3) is 0.212. The Labute approximate surface area is 197 Å². The van der Waals surface area contributed by atoms with Gasteiger partial charge in [-0.1, -0.05) is 122 Å². The molecule has 0 heteroatoms. The molecule has 0 heterocycles. The third-order valence-corrected chi connectivity index (χ3v) is 8.06. The van der Waals surface area contributed by atoms with Crippen LogP contribution in [0.3, 0.4) is 0 Å². The second kappa shape index (κ2) is 7.32. The third kappa shape index (κ3) is 2.90. The average Bonchev–Trinajstić information content (AvgIpc) is 3.32. The van der Waals surface area contributed by atoms with Gasteiger partial charge in [0.05, 0.1) is 0 Å². The van der Waals surface area contributed by atoms with Gasteiger partial charge >= 0.3 is 0 Å². The smallest absolute Gasteiger partial charge is 0.0121 e. The average molecular weight is 427 g/mol. The van der Waals surface area contributed by atoms with Gasteiger partial charge in [-0.3, -0.25) is 0 Å². The van der Waals surface area contributed by atoms with Crippen molar-refractivity contribution >= 4 is 22.4 Å². The van der Waals surface area contributed by atoms with Gasteiger partial charge in [-0.05, 0) is 63.4 Å². The van der Waals surface area contributed by atoms with Crippen molar-refractivity contribution in [2.24, 2.45) is 5.41 Å². The molecule has 6 rings (SSSR count). The number of hydrogen-bond acceptors (Lipinski definition) is 0. The Morgan fingerprint density at radius 2 is 1.24 bits per heavy atom. The molecule has 0 saturated heterocycles. The lowest BCUT2D eigenvalue weighted by molar-refractivity contribution is 0.275. The SMILES string of the molecule is CC1=Cc2ccccc2C1C(C)(C)C1C(C)=C(c2cccc3ccccc23)c2ccccc21. The van der Waals surface area contributed by atoms with Gasteiger partial charge in [0.15, 0.2) is 0 Å². The van der Waals surface area contributed by atoms with Crippen LogP contribution >= 0.6 is 0 Å². The second-order valence-electron chi connectivity index (χ2n) is 10.4. The van der Waals surface area contributed by atoms with Crippen LogP contribution in [0.25, 0.3) is 22.4 Å². The molecule has 0 nitrogen and oxygen atoms in total. The molecule has 0 aromatic heterocycles. The maximum Gasteiger partial charge on any atom is 0.0121 e. The summed E-state index contributed by atoms with van der Waals surface area (Å²) in [5, 5.41) is 2.64. The van der Waals surface area contributed by atoms with Gasteiger partial charge in [-0.25, -0.2) is 0 Å². The van der Waals surface area contributed by atoms with Crippen LogP contribution in [0.5, 0.6) is 0 Å². The van der Waals surface area contributed by atoms with Gasteiger partial charge in [-0.15, -0.1) is 0 Å². The van der Waals surface area contributed by atoms with Gasteiger partial charge in [0.2, 0.25) is 0 Å². The molecule has 0 saturated carbocycles. The van der Waals surface area contributed by atoms with Crippen LogP contribution in [0.2, 0.25) is 0 Å². The van der Waals surface area contributed by atoms with Crippen LogP contribution in [-0.4, -0.2) is 0 Å². The molecule has 2 atom stereocenters. The van der Waals surface area contributed by atoms with E-state index in [0.29, 0.717) is 11.8 Å².